The molecule has 2 rings (SSSR count). The van der Waals surface area contributed by atoms with Crippen molar-refractivity contribution in [2.45, 2.75) is 12.8 Å². The SMILES string of the molecule is Clc1cc(Br)c(NCC2CC2)c(Br)c1. The van der Waals surface area contributed by atoms with Gasteiger partial charge in [-0.2, -0.15) is 0 Å². The number of hydrogen-bond acceptors (Lipinski definition) is 1. The van der Waals surface area contributed by atoms with Gasteiger partial charge in [-0.05, 0) is 62.8 Å². The van der Waals surface area contributed by atoms with E-state index >= 15 is 0 Å². The summed E-state index contributed by atoms with van der Waals surface area (Å²) in [6.45, 7) is 1.05. The minimum Gasteiger partial charge on any atom is -0.383 e. The Morgan fingerprint density at radius 1 is 1.29 bits per heavy atom. The summed E-state index contributed by atoms with van der Waals surface area (Å²) >= 11 is 12.9. The average molecular weight is 339 g/mol. The van der Waals surface area contributed by atoms with E-state index in [2.05, 4.69) is 37.2 Å². The number of nitrogens with one attached hydrogen (secondary N) is 1. The highest BCUT2D eigenvalue weighted by Crippen LogP contribution is 2.36. The third-order valence-corrected chi connectivity index (χ3v) is 3.74. The van der Waals surface area contributed by atoms with Crippen LogP contribution in [0.2, 0.25) is 5.02 Å². The van der Waals surface area contributed by atoms with Crippen molar-refractivity contribution in [3.63, 3.8) is 0 Å². The zero-order valence-electron chi connectivity index (χ0n) is 7.49. The Morgan fingerprint density at radius 3 is 2.36 bits per heavy atom. The van der Waals surface area contributed by atoms with Crippen molar-refractivity contribution in [2.24, 2.45) is 5.92 Å². The maximum atomic E-state index is 5.91. The van der Waals surface area contributed by atoms with Gasteiger partial charge in [0.15, 0.2) is 0 Å². The maximum Gasteiger partial charge on any atom is 0.0630 e. The van der Waals surface area contributed by atoms with E-state index in [0.29, 0.717) is 0 Å². The van der Waals surface area contributed by atoms with Crippen LogP contribution in [0.15, 0.2) is 21.1 Å². The molecule has 0 heterocycles. The summed E-state index contributed by atoms with van der Waals surface area (Å²) in [4.78, 5) is 0. The molecule has 0 atom stereocenters. The first-order valence-corrected chi connectivity index (χ1v) is 6.51. The van der Waals surface area contributed by atoms with E-state index in [4.69, 9.17) is 11.6 Å². The molecule has 0 spiro atoms. The lowest BCUT2D eigenvalue weighted by atomic mass is 10.3. The van der Waals surface area contributed by atoms with Gasteiger partial charge in [-0.1, -0.05) is 11.6 Å². The number of anilines is 1. The number of benzene rings is 1. The first-order chi connectivity index (χ1) is 6.66. The summed E-state index contributed by atoms with van der Waals surface area (Å²) in [5.41, 5.74) is 1.10. The first kappa shape index (κ1) is 10.8. The smallest absolute Gasteiger partial charge is 0.0630 e. The van der Waals surface area contributed by atoms with Gasteiger partial charge in [0.1, 0.15) is 0 Å². The topological polar surface area (TPSA) is 12.0 Å². The Bertz CT molecular complexity index is 327. The highest BCUT2D eigenvalue weighted by atomic mass is 79.9. The van der Waals surface area contributed by atoms with Gasteiger partial charge in [-0.3, -0.25) is 0 Å². The largest absolute Gasteiger partial charge is 0.383 e. The van der Waals surface area contributed by atoms with E-state index in [9.17, 15) is 0 Å². The molecule has 1 saturated carbocycles. The van der Waals surface area contributed by atoms with Gasteiger partial charge in [-0.15, -0.1) is 0 Å². The molecule has 0 unspecified atom stereocenters. The van der Waals surface area contributed by atoms with E-state index in [0.717, 1.165) is 32.1 Å². The second-order valence-corrected chi connectivity index (χ2v) is 5.71. The number of rotatable bonds is 3. The highest BCUT2D eigenvalue weighted by Gasteiger charge is 2.21. The van der Waals surface area contributed by atoms with Gasteiger partial charge in [0.2, 0.25) is 0 Å². The third-order valence-electron chi connectivity index (χ3n) is 2.27. The molecule has 1 aromatic carbocycles. The molecule has 0 amide bonds. The van der Waals surface area contributed by atoms with Crippen LogP contribution in [-0.2, 0) is 0 Å². The van der Waals surface area contributed by atoms with Gasteiger partial charge in [0.25, 0.3) is 0 Å². The first-order valence-electron chi connectivity index (χ1n) is 4.55. The zero-order chi connectivity index (χ0) is 10.1. The fourth-order valence-corrected chi connectivity index (χ4v) is 3.23. The number of hydrogen-bond donors (Lipinski definition) is 1. The molecule has 4 heteroatoms. The van der Waals surface area contributed by atoms with Crippen LogP contribution < -0.4 is 5.32 Å². The van der Waals surface area contributed by atoms with Gasteiger partial charge in [0.05, 0.1) is 5.69 Å². The predicted octanol–water partition coefficient (Wildman–Crippen LogP) is 4.69. The van der Waals surface area contributed by atoms with Crippen molar-refractivity contribution in [1.82, 2.24) is 0 Å². The molecule has 1 aromatic rings. The monoisotopic (exact) mass is 337 g/mol. The van der Waals surface area contributed by atoms with Crippen molar-refractivity contribution in [3.8, 4) is 0 Å². The van der Waals surface area contributed by atoms with Crippen LogP contribution in [0.1, 0.15) is 12.8 Å². The lowest BCUT2D eigenvalue weighted by Crippen LogP contribution is -2.04. The molecule has 0 aromatic heterocycles. The number of halogens is 3. The summed E-state index contributed by atoms with van der Waals surface area (Å²) in [5.74, 6) is 0.865. The Labute approximate surface area is 105 Å². The maximum absolute atomic E-state index is 5.91. The molecule has 0 aliphatic heterocycles. The van der Waals surface area contributed by atoms with Crippen LogP contribution in [0.25, 0.3) is 0 Å². The van der Waals surface area contributed by atoms with Crippen LogP contribution >= 0.6 is 43.5 Å². The molecule has 1 aliphatic rings. The quantitative estimate of drug-likeness (QED) is 0.842. The second-order valence-electron chi connectivity index (χ2n) is 3.57. The Hall–Kier alpha value is 0.270. The van der Waals surface area contributed by atoms with Crippen molar-refractivity contribution < 1.29 is 0 Å². The minimum absolute atomic E-state index is 0.737. The zero-order valence-corrected chi connectivity index (χ0v) is 11.4. The molecule has 0 radical (unpaired) electrons. The minimum atomic E-state index is 0.737. The Balaban J connectivity index is 2.13. The van der Waals surface area contributed by atoms with Crippen LogP contribution in [0.3, 0.4) is 0 Å². The Morgan fingerprint density at radius 2 is 1.86 bits per heavy atom. The summed E-state index contributed by atoms with van der Waals surface area (Å²) in [5, 5.41) is 4.15. The fraction of sp³-hybridized carbons (Fsp3) is 0.400. The van der Waals surface area contributed by atoms with Crippen molar-refractivity contribution in [3.05, 3.63) is 26.1 Å². The van der Waals surface area contributed by atoms with E-state index < -0.39 is 0 Å². The Kier molecular flexibility index (Phi) is 3.40. The summed E-state index contributed by atoms with van der Waals surface area (Å²) < 4.78 is 2.02. The molecule has 1 N–H and O–H groups in total. The summed E-state index contributed by atoms with van der Waals surface area (Å²) in [7, 11) is 0. The van der Waals surface area contributed by atoms with E-state index in [1.165, 1.54) is 12.8 Å². The molecular weight excluding hydrogens is 329 g/mol. The summed E-state index contributed by atoms with van der Waals surface area (Å²) in [6, 6.07) is 3.81. The predicted molar refractivity (Wildman–Crippen MR) is 68.1 cm³/mol. The highest BCUT2D eigenvalue weighted by molar-refractivity contribution is 9.11. The molecule has 0 bridgehead atoms. The van der Waals surface area contributed by atoms with E-state index in [-0.39, 0.29) is 0 Å². The lowest BCUT2D eigenvalue weighted by Gasteiger charge is -2.10. The van der Waals surface area contributed by atoms with Crippen molar-refractivity contribution in [2.75, 3.05) is 11.9 Å². The van der Waals surface area contributed by atoms with Crippen LogP contribution in [-0.4, -0.2) is 6.54 Å². The molecule has 1 nitrogen and oxygen atoms in total. The van der Waals surface area contributed by atoms with E-state index in [1.54, 1.807) is 0 Å². The van der Waals surface area contributed by atoms with Crippen LogP contribution in [0.5, 0.6) is 0 Å². The van der Waals surface area contributed by atoms with Crippen LogP contribution in [0.4, 0.5) is 5.69 Å². The fourth-order valence-electron chi connectivity index (χ4n) is 1.28. The molecular formula is C10H10Br2ClN. The summed E-state index contributed by atoms with van der Waals surface area (Å²) in [6.07, 6.45) is 2.71. The molecule has 0 saturated heterocycles. The van der Waals surface area contributed by atoms with Gasteiger partial charge in [0, 0.05) is 20.5 Å². The van der Waals surface area contributed by atoms with Crippen molar-refractivity contribution in [1.29, 1.82) is 0 Å². The molecule has 1 fully saturated rings. The van der Waals surface area contributed by atoms with Crippen LogP contribution in [0, 0.1) is 5.92 Å². The average Bonchev–Trinajstić information content (AvgIpc) is 2.85. The molecule has 76 valence electrons. The second kappa shape index (κ2) is 4.42. The normalized spacial score (nSPS) is 15.6. The molecule has 1 aliphatic carbocycles. The third kappa shape index (κ3) is 2.65. The van der Waals surface area contributed by atoms with Gasteiger partial charge in [-0.25, -0.2) is 0 Å². The standard InChI is InChI=1S/C10H10Br2ClN/c11-8-3-7(13)4-9(12)10(8)14-5-6-1-2-6/h3-4,6,14H,1-2,5H2. The molecule has 14 heavy (non-hydrogen) atoms. The van der Waals surface area contributed by atoms with E-state index in [1.807, 2.05) is 12.1 Å². The van der Waals surface area contributed by atoms with Gasteiger partial charge >= 0.3 is 0 Å². The van der Waals surface area contributed by atoms with Crippen molar-refractivity contribution >= 4 is 49.1 Å². The lowest BCUT2D eigenvalue weighted by molar-refractivity contribution is 0.888. The van der Waals surface area contributed by atoms with Gasteiger partial charge < -0.3 is 5.32 Å².